The molecular formula is C16H16Br2. The number of aryl methyl sites for hydroxylation is 2. The highest BCUT2D eigenvalue weighted by Crippen LogP contribution is 2.14. The minimum absolute atomic E-state index is 0.930. The predicted octanol–water partition coefficient (Wildman–Crippen LogP) is 5.26. The van der Waals surface area contributed by atoms with Gasteiger partial charge in [0.2, 0.25) is 0 Å². The van der Waals surface area contributed by atoms with Crippen LogP contribution < -0.4 is 0 Å². The molecule has 0 aliphatic heterocycles. The van der Waals surface area contributed by atoms with Crippen LogP contribution in [0.15, 0.2) is 48.5 Å². The summed E-state index contributed by atoms with van der Waals surface area (Å²) in [4.78, 5) is 0. The van der Waals surface area contributed by atoms with Crippen LogP contribution in [0, 0.1) is 0 Å². The number of alkyl halides is 2. The van der Waals surface area contributed by atoms with Gasteiger partial charge in [-0.05, 0) is 35.1 Å². The maximum atomic E-state index is 3.50. The van der Waals surface area contributed by atoms with Gasteiger partial charge in [0.15, 0.2) is 0 Å². The maximum Gasteiger partial charge on any atom is 0.0283 e. The summed E-state index contributed by atoms with van der Waals surface area (Å²) in [7, 11) is 0. The van der Waals surface area contributed by atoms with Crippen molar-refractivity contribution in [2.24, 2.45) is 0 Å². The lowest BCUT2D eigenvalue weighted by molar-refractivity contribution is 0.955. The Morgan fingerprint density at radius 1 is 0.611 bits per heavy atom. The number of rotatable bonds is 5. The van der Waals surface area contributed by atoms with Gasteiger partial charge in [0, 0.05) is 10.7 Å². The topological polar surface area (TPSA) is 0 Å². The van der Waals surface area contributed by atoms with Crippen LogP contribution in [-0.4, -0.2) is 0 Å². The third-order valence-corrected chi connectivity index (χ3v) is 4.29. The zero-order valence-corrected chi connectivity index (χ0v) is 13.4. The highest BCUT2D eigenvalue weighted by molar-refractivity contribution is 9.08. The quantitative estimate of drug-likeness (QED) is 0.632. The Hall–Kier alpha value is -0.600. The smallest absolute Gasteiger partial charge is 0.0283 e. The van der Waals surface area contributed by atoms with Gasteiger partial charge in [0.1, 0.15) is 0 Å². The van der Waals surface area contributed by atoms with Gasteiger partial charge in [0.25, 0.3) is 0 Å². The van der Waals surface area contributed by atoms with Crippen LogP contribution in [0.5, 0.6) is 0 Å². The third-order valence-electron chi connectivity index (χ3n) is 2.99. The second-order valence-corrected chi connectivity index (χ2v) is 5.53. The van der Waals surface area contributed by atoms with Crippen molar-refractivity contribution in [2.75, 3.05) is 0 Å². The Balaban J connectivity index is 2.01. The molecule has 0 saturated carbocycles. The van der Waals surface area contributed by atoms with Crippen molar-refractivity contribution in [3.63, 3.8) is 0 Å². The SMILES string of the molecule is BrCc1cccc(CCc2cccc(CBr)c2)c1. The van der Waals surface area contributed by atoms with Crippen molar-refractivity contribution in [2.45, 2.75) is 23.5 Å². The van der Waals surface area contributed by atoms with E-state index in [9.17, 15) is 0 Å². The monoisotopic (exact) mass is 366 g/mol. The molecule has 0 nitrogen and oxygen atoms in total. The summed E-state index contributed by atoms with van der Waals surface area (Å²) in [6.07, 6.45) is 2.21. The van der Waals surface area contributed by atoms with Crippen LogP contribution >= 0.6 is 31.9 Å². The molecule has 0 heterocycles. The molecule has 0 bridgehead atoms. The fourth-order valence-corrected chi connectivity index (χ4v) is 2.72. The van der Waals surface area contributed by atoms with Gasteiger partial charge < -0.3 is 0 Å². The van der Waals surface area contributed by atoms with E-state index in [1.165, 1.54) is 22.3 Å². The van der Waals surface area contributed by atoms with Gasteiger partial charge >= 0.3 is 0 Å². The highest BCUT2D eigenvalue weighted by Gasteiger charge is 1.98. The summed E-state index contributed by atoms with van der Waals surface area (Å²) in [5.41, 5.74) is 5.52. The van der Waals surface area contributed by atoms with Gasteiger partial charge in [-0.3, -0.25) is 0 Å². The largest absolute Gasteiger partial charge is 0.0876 e. The number of halogens is 2. The molecule has 2 aromatic rings. The van der Waals surface area contributed by atoms with Gasteiger partial charge in [-0.2, -0.15) is 0 Å². The fourth-order valence-electron chi connectivity index (χ4n) is 2.03. The van der Waals surface area contributed by atoms with Crippen LogP contribution in [-0.2, 0) is 23.5 Å². The number of hydrogen-bond donors (Lipinski definition) is 0. The van der Waals surface area contributed by atoms with E-state index in [1.807, 2.05) is 0 Å². The van der Waals surface area contributed by atoms with Crippen molar-refractivity contribution in [3.05, 3.63) is 70.8 Å². The van der Waals surface area contributed by atoms with E-state index in [2.05, 4.69) is 80.4 Å². The first-order chi connectivity index (χ1) is 8.81. The van der Waals surface area contributed by atoms with Gasteiger partial charge in [-0.1, -0.05) is 80.4 Å². The predicted molar refractivity (Wildman–Crippen MR) is 85.6 cm³/mol. The summed E-state index contributed by atoms with van der Waals surface area (Å²) in [5, 5.41) is 1.86. The summed E-state index contributed by atoms with van der Waals surface area (Å²) in [5.74, 6) is 0. The lowest BCUT2D eigenvalue weighted by atomic mass is 10.0. The molecule has 0 saturated heterocycles. The zero-order chi connectivity index (χ0) is 12.8. The molecule has 0 aromatic heterocycles. The summed E-state index contributed by atoms with van der Waals surface area (Å²) >= 11 is 7.00. The van der Waals surface area contributed by atoms with Gasteiger partial charge in [-0.15, -0.1) is 0 Å². The molecule has 2 heteroatoms. The summed E-state index contributed by atoms with van der Waals surface area (Å²) in [6, 6.07) is 17.6. The van der Waals surface area contributed by atoms with E-state index >= 15 is 0 Å². The van der Waals surface area contributed by atoms with E-state index in [0.717, 1.165) is 23.5 Å². The first-order valence-electron chi connectivity index (χ1n) is 6.09. The number of benzene rings is 2. The Morgan fingerprint density at radius 3 is 1.39 bits per heavy atom. The standard InChI is InChI=1S/C16H16Br2/c17-11-15-5-1-3-13(9-15)7-8-14-4-2-6-16(10-14)12-18/h1-6,9-10H,7-8,11-12H2. The Labute approximate surface area is 126 Å². The van der Waals surface area contributed by atoms with E-state index in [4.69, 9.17) is 0 Å². The molecular weight excluding hydrogens is 352 g/mol. The average Bonchev–Trinajstić information content (AvgIpc) is 2.45. The van der Waals surface area contributed by atoms with Crippen LogP contribution in [0.25, 0.3) is 0 Å². The number of hydrogen-bond acceptors (Lipinski definition) is 0. The summed E-state index contributed by atoms with van der Waals surface area (Å²) < 4.78 is 0. The normalized spacial score (nSPS) is 10.6. The van der Waals surface area contributed by atoms with E-state index in [0.29, 0.717) is 0 Å². The minimum Gasteiger partial charge on any atom is -0.0876 e. The fraction of sp³-hybridized carbons (Fsp3) is 0.250. The molecule has 0 spiro atoms. The van der Waals surface area contributed by atoms with Crippen LogP contribution in [0.1, 0.15) is 22.3 Å². The molecule has 0 radical (unpaired) electrons. The maximum absolute atomic E-state index is 3.50. The molecule has 0 aliphatic carbocycles. The second-order valence-electron chi connectivity index (χ2n) is 4.41. The molecule has 0 amide bonds. The van der Waals surface area contributed by atoms with Crippen LogP contribution in [0.4, 0.5) is 0 Å². The zero-order valence-electron chi connectivity index (χ0n) is 10.2. The van der Waals surface area contributed by atoms with Gasteiger partial charge in [0.05, 0.1) is 0 Å². The molecule has 0 unspecified atom stereocenters. The molecule has 2 rings (SSSR count). The lowest BCUT2D eigenvalue weighted by Crippen LogP contribution is -1.93. The Kier molecular flexibility index (Phi) is 5.45. The van der Waals surface area contributed by atoms with Crippen molar-refractivity contribution in [1.29, 1.82) is 0 Å². The first-order valence-corrected chi connectivity index (χ1v) is 8.33. The molecule has 0 N–H and O–H groups in total. The van der Waals surface area contributed by atoms with Crippen molar-refractivity contribution in [1.82, 2.24) is 0 Å². The van der Waals surface area contributed by atoms with Gasteiger partial charge in [-0.25, -0.2) is 0 Å². The molecule has 2 aromatic carbocycles. The van der Waals surface area contributed by atoms with Crippen molar-refractivity contribution in [3.8, 4) is 0 Å². The Bertz CT molecular complexity index is 458. The molecule has 0 fully saturated rings. The third kappa shape index (κ3) is 3.96. The van der Waals surface area contributed by atoms with Crippen LogP contribution in [0.3, 0.4) is 0 Å². The van der Waals surface area contributed by atoms with Crippen molar-refractivity contribution < 1.29 is 0 Å². The first kappa shape index (κ1) is 13.8. The summed E-state index contributed by atoms with van der Waals surface area (Å²) in [6.45, 7) is 0. The Morgan fingerprint density at radius 2 is 1.00 bits per heavy atom. The molecule has 18 heavy (non-hydrogen) atoms. The minimum atomic E-state index is 0.930. The second kappa shape index (κ2) is 7.10. The van der Waals surface area contributed by atoms with Crippen molar-refractivity contribution >= 4 is 31.9 Å². The molecule has 0 aliphatic rings. The molecule has 0 atom stereocenters. The highest BCUT2D eigenvalue weighted by atomic mass is 79.9. The molecule has 94 valence electrons. The van der Waals surface area contributed by atoms with E-state index < -0.39 is 0 Å². The average molecular weight is 368 g/mol. The van der Waals surface area contributed by atoms with E-state index in [-0.39, 0.29) is 0 Å². The van der Waals surface area contributed by atoms with Crippen LogP contribution in [0.2, 0.25) is 0 Å². The van der Waals surface area contributed by atoms with E-state index in [1.54, 1.807) is 0 Å². The lowest BCUT2D eigenvalue weighted by Gasteiger charge is -2.05.